The lowest BCUT2D eigenvalue weighted by atomic mass is 10.0. The number of fused-ring (bicyclic) bond motifs is 1. The fourth-order valence-corrected chi connectivity index (χ4v) is 2.28. The summed E-state index contributed by atoms with van der Waals surface area (Å²) in [5.41, 5.74) is 0. The molecule has 86 valence electrons. The standard InChI is InChI=1S/C10H17NO4/c1-5-12-4-8-10(14-5)9(7-3-11-7)15-6(2)13-8/h5-11H,3-4H2,1-2H3. The number of nitrogens with one attached hydrogen (secondary N) is 1. The molecule has 0 radical (unpaired) electrons. The summed E-state index contributed by atoms with van der Waals surface area (Å²) >= 11 is 0. The molecule has 0 spiro atoms. The molecule has 1 N–H and O–H groups in total. The number of ether oxygens (including phenoxy) is 4. The molecule has 3 heterocycles. The highest BCUT2D eigenvalue weighted by Crippen LogP contribution is 2.30. The van der Waals surface area contributed by atoms with Crippen molar-refractivity contribution in [2.24, 2.45) is 0 Å². The van der Waals surface area contributed by atoms with Crippen LogP contribution >= 0.6 is 0 Å². The summed E-state index contributed by atoms with van der Waals surface area (Å²) in [7, 11) is 0. The van der Waals surface area contributed by atoms with Crippen molar-refractivity contribution in [3.8, 4) is 0 Å². The fourth-order valence-electron chi connectivity index (χ4n) is 2.28. The van der Waals surface area contributed by atoms with Crippen LogP contribution in [0.25, 0.3) is 0 Å². The van der Waals surface area contributed by atoms with Crippen LogP contribution in [0.1, 0.15) is 13.8 Å². The maximum atomic E-state index is 5.76. The monoisotopic (exact) mass is 215 g/mol. The van der Waals surface area contributed by atoms with E-state index in [0.29, 0.717) is 12.6 Å². The van der Waals surface area contributed by atoms with Gasteiger partial charge in [-0.3, -0.25) is 0 Å². The predicted molar refractivity (Wildman–Crippen MR) is 51.3 cm³/mol. The minimum absolute atomic E-state index is 0.00458. The van der Waals surface area contributed by atoms with Crippen LogP contribution in [-0.2, 0) is 18.9 Å². The molecule has 0 bridgehead atoms. The van der Waals surface area contributed by atoms with Gasteiger partial charge in [0.2, 0.25) is 0 Å². The lowest BCUT2D eigenvalue weighted by molar-refractivity contribution is -0.350. The molecule has 3 aliphatic rings. The summed E-state index contributed by atoms with van der Waals surface area (Å²) < 4.78 is 22.6. The maximum absolute atomic E-state index is 5.76. The van der Waals surface area contributed by atoms with Crippen LogP contribution in [0.5, 0.6) is 0 Å². The Morgan fingerprint density at radius 2 is 1.73 bits per heavy atom. The van der Waals surface area contributed by atoms with Crippen LogP contribution in [0.4, 0.5) is 0 Å². The number of rotatable bonds is 1. The van der Waals surface area contributed by atoms with Crippen LogP contribution in [0, 0.1) is 0 Å². The second-order valence-corrected chi connectivity index (χ2v) is 4.36. The van der Waals surface area contributed by atoms with E-state index in [0.717, 1.165) is 6.54 Å². The van der Waals surface area contributed by atoms with Gasteiger partial charge in [0.1, 0.15) is 18.3 Å². The van der Waals surface area contributed by atoms with E-state index in [1.165, 1.54) is 0 Å². The third kappa shape index (κ3) is 1.90. The van der Waals surface area contributed by atoms with Gasteiger partial charge in [-0.2, -0.15) is 0 Å². The summed E-state index contributed by atoms with van der Waals surface area (Å²) in [6, 6.07) is 0.425. The predicted octanol–water partition coefficient (Wildman–Crippen LogP) is -0.150. The van der Waals surface area contributed by atoms with Crippen molar-refractivity contribution in [2.75, 3.05) is 13.2 Å². The first-order chi connectivity index (χ1) is 7.24. The molecule has 0 aromatic heterocycles. The molecule has 0 aliphatic carbocycles. The fraction of sp³-hybridized carbons (Fsp3) is 1.00. The van der Waals surface area contributed by atoms with E-state index >= 15 is 0 Å². The zero-order valence-corrected chi connectivity index (χ0v) is 9.01. The molecule has 15 heavy (non-hydrogen) atoms. The van der Waals surface area contributed by atoms with E-state index in [4.69, 9.17) is 18.9 Å². The Kier molecular flexibility index (Phi) is 2.45. The van der Waals surface area contributed by atoms with Crippen molar-refractivity contribution in [2.45, 2.75) is 50.8 Å². The molecule has 3 aliphatic heterocycles. The second kappa shape index (κ2) is 3.68. The Balaban J connectivity index is 1.74. The molecule has 3 saturated heterocycles. The normalized spacial score (nSPS) is 54.8. The Morgan fingerprint density at radius 3 is 2.47 bits per heavy atom. The Bertz CT molecular complexity index is 246. The van der Waals surface area contributed by atoms with E-state index < -0.39 is 0 Å². The molecule has 6 atom stereocenters. The number of hydrogen-bond donors (Lipinski definition) is 1. The summed E-state index contributed by atoms with van der Waals surface area (Å²) in [6.45, 7) is 5.44. The first kappa shape index (κ1) is 9.99. The average Bonchev–Trinajstić information content (AvgIpc) is 3.01. The summed E-state index contributed by atoms with van der Waals surface area (Å²) in [6.07, 6.45) is -0.209. The van der Waals surface area contributed by atoms with Gasteiger partial charge in [0.15, 0.2) is 12.6 Å². The summed E-state index contributed by atoms with van der Waals surface area (Å²) in [5.74, 6) is 0. The molecule has 0 aromatic rings. The molecule has 0 aromatic carbocycles. The minimum Gasteiger partial charge on any atom is -0.350 e. The lowest BCUT2D eigenvalue weighted by Gasteiger charge is -2.44. The van der Waals surface area contributed by atoms with E-state index in [1.807, 2.05) is 13.8 Å². The van der Waals surface area contributed by atoms with Gasteiger partial charge in [-0.15, -0.1) is 0 Å². The molecular weight excluding hydrogens is 198 g/mol. The van der Waals surface area contributed by atoms with E-state index in [-0.39, 0.29) is 30.9 Å². The van der Waals surface area contributed by atoms with Crippen LogP contribution < -0.4 is 5.32 Å². The van der Waals surface area contributed by atoms with Crippen LogP contribution in [0.2, 0.25) is 0 Å². The molecule has 3 rings (SSSR count). The SMILES string of the molecule is CC1OC2COC(C)OC2C(C2CN2)O1. The van der Waals surface area contributed by atoms with Crippen LogP contribution in [-0.4, -0.2) is 50.1 Å². The van der Waals surface area contributed by atoms with Gasteiger partial charge in [0.05, 0.1) is 6.61 Å². The molecular formula is C10H17NO4. The lowest BCUT2D eigenvalue weighted by Crippen LogP contribution is -2.58. The first-order valence-electron chi connectivity index (χ1n) is 5.55. The maximum Gasteiger partial charge on any atom is 0.156 e. The van der Waals surface area contributed by atoms with Gasteiger partial charge in [-0.1, -0.05) is 0 Å². The average molecular weight is 215 g/mol. The van der Waals surface area contributed by atoms with Crippen molar-refractivity contribution in [1.82, 2.24) is 5.32 Å². The molecule has 6 unspecified atom stereocenters. The van der Waals surface area contributed by atoms with Gasteiger partial charge < -0.3 is 24.3 Å². The van der Waals surface area contributed by atoms with Crippen LogP contribution in [0.3, 0.4) is 0 Å². The molecule has 3 fully saturated rings. The molecule has 0 saturated carbocycles. The number of hydrogen-bond acceptors (Lipinski definition) is 5. The van der Waals surface area contributed by atoms with Gasteiger partial charge in [-0.25, -0.2) is 0 Å². The highest BCUT2D eigenvalue weighted by Gasteiger charge is 2.48. The third-order valence-corrected chi connectivity index (χ3v) is 3.09. The quantitative estimate of drug-likeness (QED) is 0.616. The zero-order chi connectivity index (χ0) is 10.4. The zero-order valence-electron chi connectivity index (χ0n) is 9.01. The van der Waals surface area contributed by atoms with Crippen molar-refractivity contribution in [1.29, 1.82) is 0 Å². The topological polar surface area (TPSA) is 58.9 Å². The van der Waals surface area contributed by atoms with E-state index in [1.54, 1.807) is 0 Å². The summed E-state index contributed by atoms with van der Waals surface area (Å²) in [5, 5.41) is 3.27. The highest BCUT2D eigenvalue weighted by atomic mass is 16.8. The molecule has 5 heteroatoms. The molecule has 5 nitrogen and oxygen atoms in total. The Hall–Kier alpha value is -0.200. The Morgan fingerprint density at radius 1 is 1.00 bits per heavy atom. The van der Waals surface area contributed by atoms with Gasteiger partial charge in [0.25, 0.3) is 0 Å². The van der Waals surface area contributed by atoms with Crippen molar-refractivity contribution < 1.29 is 18.9 Å². The second-order valence-electron chi connectivity index (χ2n) is 4.36. The van der Waals surface area contributed by atoms with E-state index in [2.05, 4.69) is 5.32 Å². The third-order valence-electron chi connectivity index (χ3n) is 3.09. The molecule has 0 amide bonds. The summed E-state index contributed by atoms with van der Waals surface area (Å²) in [4.78, 5) is 0. The smallest absolute Gasteiger partial charge is 0.156 e. The van der Waals surface area contributed by atoms with Gasteiger partial charge in [-0.05, 0) is 13.8 Å². The van der Waals surface area contributed by atoms with Gasteiger partial charge in [0, 0.05) is 12.6 Å². The highest BCUT2D eigenvalue weighted by molar-refractivity contribution is 5.00. The van der Waals surface area contributed by atoms with Gasteiger partial charge >= 0.3 is 0 Å². The first-order valence-corrected chi connectivity index (χ1v) is 5.55. The largest absolute Gasteiger partial charge is 0.350 e. The van der Waals surface area contributed by atoms with Crippen molar-refractivity contribution in [3.05, 3.63) is 0 Å². The Labute approximate surface area is 89.0 Å². The van der Waals surface area contributed by atoms with Crippen LogP contribution in [0.15, 0.2) is 0 Å². The van der Waals surface area contributed by atoms with Crippen molar-refractivity contribution in [3.63, 3.8) is 0 Å². The van der Waals surface area contributed by atoms with Crippen molar-refractivity contribution >= 4 is 0 Å². The minimum atomic E-state index is -0.167. The van der Waals surface area contributed by atoms with E-state index in [9.17, 15) is 0 Å².